The summed E-state index contributed by atoms with van der Waals surface area (Å²) < 4.78 is 23.7. The second kappa shape index (κ2) is 3.35. The van der Waals surface area contributed by atoms with Gasteiger partial charge in [-0.05, 0) is 12.8 Å². The molecule has 0 amide bonds. The summed E-state index contributed by atoms with van der Waals surface area (Å²) in [6.45, 7) is 0. The van der Waals surface area contributed by atoms with E-state index in [0.717, 1.165) is 12.8 Å². The predicted molar refractivity (Wildman–Crippen MR) is 60.3 cm³/mol. The number of halogens is 2. The molecule has 13 heavy (non-hydrogen) atoms. The predicted octanol–water partition coefficient (Wildman–Crippen LogP) is 2.03. The van der Waals surface area contributed by atoms with Crippen molar-refractivity contribution >= 4 is 41.7 Å². The Kier molecular flexibility index (Phi) is 2.62. The molecule has 0 aromatic carbocycles. The van der Waals surface area contributed by atoms with Gasteiger partial charge in [0, 0.05) is 9.65 Å². The number of rotatable bonds is 0. The van der Waals surface area contributed by atoms with Crippen molar-refractivity contribution in [3.05, 3.63) is 12.2 Å². The molecule has 0 radical (unpaired) electrons. The molecule has 0 aromatic rings. The van der Waals surface area contributed by atoms with Gasteiger partial charge in [-0.1, -0.05) is 44.0 Å². The lowest BCUT2D eigenvalue weighted by atomic mass is 10.1. The van der Waals surface area contributed by atoms with Gasteiger partial charge in [-0.3, -0.25) is 0 Å². The summed E-state index contributed by atoms with van der Waals surface area (Å²) in [6.07, 6.45) is 5.33. The summed E-state index contributed by atoms with van der Waals surface area (Å²) in [5.41, 5.74) is 0. The van der Waals surface area contributed by atoms with Gasteiger partial charge < -0.3 is 0 Å². The Morgan fingerprint density at radius 2 is 1.85 bits per heavy atom. The molecule has 4 atom stereocenters. The van der Waals surface area contributed by atoms with Gasteiger partial charge in [-0.15, -0.1) is 0 Å². The third kappa shape index (κ3) is 1.53. The first-order valence-corrected chi connectivity index (χ1v) is 7.67. The van der Waals surface area contributed by atoms with E-state index in [0.29, 0.717) is 0 Å². The Morgan fingerprint density at radius 3 is 2.54 bits per heavy atom. The molecule has 2 heterocycles. The van der Waals surface area contributed by atoms with Crippen LogP contribution in [0, 0.1) is 0 Å². The van der Waals surface area contributed by atoms with E-state index in [4.69, 9.17) is 0 Å². The fourth-order valence-electron chi connectivity index (χ4n) is 1.89. The van der Waals surface area contributed by atoms with Gasteiger partial charge in [0.25, 0.3) is 0 Å². The van der Waals surface area contributed by atoms with Crippen LogP contribution in [0.3, 0.4) is 0 Å². The topological polar surface area (TPSA) is 34.1 Å². The number of hydrogen-bond acceptors (Lipinski definition) is 2. The Morgan fingerprint density at radius 1 is 1.15 bits per heavy atom. The molecule has 2 rings (SSSR count). The molecule has 2 aliphatic rings. The minimum absolute atomic E-state index is 0.0150. The number of hydrogen-bond donors (Lipinski definition) is 0. The number of alkyl halides is 2. The summed E-state index contributed by atoms with van der Waals surface area (Å²) in [7, 11) is -2.94. The molecular formula is C8H10Br2O2S. The van der Waals surface area contributed by atoms with E-state index in [-0.39, 0.29) is 20.2 Å². The minimum atomic E-state index is -2.94. The van der Waals surface area contributed by atoms with E-state index in [1.807, 2.05) is 12.2 Å². The van der Waals surface area contributed by atoms with Crippen LogP contribution >= 0.6 is 31.9 Å². The van der Waals surface area contributed by atoms with Crippen molar-refractivity contribution in [3.63, 3.8) is 0 Å². The Bertz CT molecular complexity index is 336. The third-order valence-corrected chi connectivity index (χ3v) is 8.44. The van der Waals surface area contributed by atoms with Crippen LogP contribution in [0.4, 0.5) is 0 Å². The van der Waals surface area contributed by atoms with Gasteiger partial charge in [0.1, 0.15) is 0 Å². The maximum atomic E-state index is 11.8. The first-order chi connectivity index (χ1) is 6.03. The molecule has 2 bridgehead atoms. The van der Waals surface area contributed by atoms with Gasteiger partial charge in [0.15, 0.2) is 9.84 Å². The highest BCUT2D eigenvalue weighted by molar-refractivity contribution is 9.12. The largest absolute Gasteiger partial charge is 0.228 e. The Hall–Kier alpha value is 0.650. The highest BCUT2D eigenvalue weighted by Crippen LogP contribution is 2.38. The van der Waals surface area contributed by atoms with E-state index in [1.165, 1.54) is 0 Å². The van der Waals surface area contributed by atoms with E-state index >= 15 is 0 Å². The average molecular weight is 330 g/mol. The first kappa shape index (κ1) is 10.2. The lowest BCUT2D eigenvalue weighted by Gasteiger charge is -2.17. The quantitative estimate of drug-likeness (QED) is 0.503. The van der Waals surface area contributed by atoms with Gasteiger partial charge in [-0.25, -0.2) is 8.42 Å². The fraction of sp³-hybridized carbons (Fsp3) is 0.750. The zero-order valence-electron chi connectivity index (χ0n) is 6.86. The zero-order valence-corrected chi connectivity index (χ0v) is 10.8. The molecule has 2 nitrogen and oxygen atoms in total. The second-order valence-electron chi connectivity index (χ2n) is 3.51. The average Bonchev–Trinajstić information content (AvgIpc) is 2.30. The maximum Gasteiger partial charge on any atom is 0.164 e. The first-order valence-electron chi connectivity index (χ1n) is 4.22. The highest BCUT2D eigenvalue weighted by atomic mass is 79.9. The van der Waals surface area contributed by atoms with Crippen LogP contribution in [0.5, 0.6) is 0 Å². The Labute approximate surface area is 95.0 Å². The molecule has 0 N–H and O–H groups in total. The normalized spacial score (nSPS) is 47.5. The van der Waals surface area contributed by atoms with Crippen LogP contribution in [0.2, 0.25) is 0 Å². The van der Waals surface area contributed by atoms with Crippen LogP contribution in [-0.4, -0.2) is 28.6 Å². The van der Waals surface area contributed by atoms with Crippen LogP contribution in [0.15, 0.2) is 12.2 Å². The van der Waals surface area contributed by atoms with E-state index in [2.05, 4.69) is 31.9 Å². The molecule has 2 aliphatic heterocycles. The van der Waals surface area contributed by atoms with E-state index in [9.17, 15) is 8.42 Å². The second-order valence-corrected chi connectivity index (χ2v) is 8.08. The van der Waals surface area contributed by atoms with E-state index < -0.39 is 9.84 Å². The molecule has 1 fully saturated rings. The van der Waals surface area contributed by atoms with Crippen molar-refractivity contribution in [1.82, 2.24) is 0 Å². The molecule has 5 heteroatoms. The SMILES string of the molecule is O=S1(=O)C2C=CC1C(Br)C(Br)CC2. The zero-order chi connectivity index (χ0) is 9.64. The van der Waals surface area contributed by atoms with Crippen molar-refractivity contribution in [2.75, 3.05) is 0 Å². The lowest BCUT2D eigenvalue weighted by molar-refractivity contribution is 0.586. The van der Waals surface area contributed by atoms with Crippen LogP contribution in [-0.2, 0) is 9.84 Å². The van der Waals surface area contributed by atoms with Crippen molar-refractivity contribution in [3.8, 4) is 0 Å². The molecule has 0 aliphatic carbocycles. The Balaban J connectivity index is 2.42. The summed E-state index contributed by atoms with van der Waals surface area (Å²) in [6, 6.07) is 0. The highest BCUT2D eigenvalue weighted by Gasteiger charge is 2.44. The van der Waals surface area contributed by atoms with Gasteiger partial charge >= 0.3 is 0 Å². The standard InChI is InChI=1S/C8H10Br2O2S/c9-6-3-1-5-2-4-7(8(6)10)13(5,11)12/h2,4-8H,1,3H2. The van der Waals surface area contributed by atoms with Gasteiger partial charge in [0.05, 0.1) is 10.5 Å². The minimum Gasteiger partial charge on any atom is -0.228 e. The van der Waals surface area contributed by atoms with Crippen molar-refractivity contribution < 1.29 is 8.42 Å². The molecule has 74 valence electrons. The number of fused-ring (bicyclic) bond motifs is 2. The molecule has 1 saturated heterocycles. The molecule has 4 unspecified atom stereocenters. The van der Waals surface area contributed by atoms with Crippen molar-refractivity contribution in [2.45, 2.75) is 33.0 Å². The molecular weight excluding hydrogens is 320 g/mol. The van der Waals surface area contributed by atoms with Gasteiger partial charge in [0.2, 0.25) is 0 Å². The molecule has 0 saturated carbocycles. The summed E-state index contributed by atoms with van der Waals surface area (Å²) in [4.78, 5) is 0.281. The maximum absolute atomic E-state index is 11.8. The summed E-state index contributed by atoms with van der Waals surface area (Å²) >= 11 is 6.97. The van der Waals surface area contributed by atoms with Crippen LogP contribution in [0.25, 0.3) is 0 Å². The van der Waals surface area contributed by atoms with Crippen LogP contribution < -0.4 is 0 Å². The van der Waals surface area contributed by atoms with Gasteiger partial charge in [-0.2, -0.15) is 0 Å². The summed E-state index contributed by atoms with van der Waals surface area (Å²) in [5.74, 6) is 0. The molecule has 0 spiro atoms. The third-order valence-electron chi connectivity index (χ3n) is 2.70. The number of sulfone groups is 1. The van der Waals surface area contributed by atoms with E-state index in [1.54, 1.807) is 0 Å². The van der Waals surface area contributed by atoms with Crippen molar-refractivity contribution in [1.29, 1.82) is 0 Å². The molecule has 0 aromatic heterocycles. The monoisotopic (exact) mass is 328 g/mol. The summed E-state index contributed by atoms with van der Waals surface area (Å²) in [5, 5.41) is -0.565. The van der Waals surface area contributed by atoms with Crippen LogP contribution in [0.1, 0.15) is 12.8 Å². The smallest absolute Gasteiger partial charge is 0.164 e. The fourth-order valence-corrected chi connectivity index (χ4v) is 6.07. The van der Waals surface area contributed by atoms with Crippen molar-refractivity contribution in [2.24, 2.45) is 0 Å². The lowest BCUT2D eigenvalue weighted by Crippen LogP contribution is -2.31.